The van der Waals surface area contributed by atoms with Gasteiger partial charge in [0.05, 0.1) is 18.7 Å². The van der Waals surface area contributed by atoms with Gasteiger partial charge in [-0.2, -0.15) is 13.2 Å². The van der Waals surface area contributed by atoms with Crippen LogP contribution < -0.4 is 14.4 Å². The third-order valence-electron chi connectivity index (χ3n) is 5.47. The lowest BCUT2D eigenvalue weighted by Crippen LogP contribution is -2.23. The number of benzene rings is 3. The molecule has 3 aromatic rings. The Kier molecular flexibility index (Phi) is 7.14. The molecule has 0 aromatic heterocycles. The van der Waals surface area contributed by atoms with Crippen molar-refractivity contribution >= 4 is 17.6 Å². The number of rotatable bonds is 8. The highest BCUT2D eigenvalue weighted by Crippen LogP contribution is 2.36. The van der Waals surface area contributed by atoms with Crippen molar-refractivity contribution in [2.24, 2.45) is 0 Å². The van der Waals surface area contributed by atoms with E-state index in [0.29, 0.717) is 28.1 Å². The second-order valence-corrected chi connectivity index (χ2v) is 7.87. The quantitative estimate of drug-likeness (QED) is 0.299. The van der Waals surface area contributed by atoms with Crippen molar-refractivity contribution in [2.75, 3.05) is 18.1 Å². The van der Waals surface area contributed by atoms with E-state index in [1.54, 1.807) is 31.2 Å². The van der Waals surface area contributed by atoms with Crippen LogP contribution in [0.2, 0.25) is 0 Å². The van der Waals surface area contributed by atoms with Crippen LogP contribution >= 0.6 is 0 Å². The molecule has 0 radical (unpaired) electrons. The summed E-state index contributed by atoms with van der Waals surface area (Å²) in [5, 5.41) is 0. The molecule has 4 rings (SSSR count). The van der Waals surface area contributed by atoms with Crippen LogP contribution in [-0.4, -0.2) is 25.1 Å². The number of hydrogen-bond donors (Lipinski definition) is 0. The van der Waals surface area contributed by atoms with Crippen LogP contribution in [0, 0.1) is 5.82 Å². The zero-order valence-corrected chi connectivity index (χ0v) is 19.1. The maximum Gasteiger partial charge on any atom is 0.416 e. The first-order valence-electron chi connectivity index (χ1n) is 11.0. The van der Waals surface area contributed by atoms with Crippen LogP contribution in [0.4, 0.5) is 23.2 Å². The molecule has 6 nitrogen and oxygen atoms in total. The normalized spacial score (nSPS) is 12.9. The first kappa shape index (κ1) is 25.0. The van der Waals surface area contributed by atoms with E-state index < -0.39 is 30.1 Å². The van der Waals surface area contributed by atoms with Crippen molar-refractivity contribution in [1.82, 2.24) is 0 Å². The molecule has 3 aromatic carbocycles. The van der Waals surface area contributed by atoms with Crippen LogP contribution in [0.25, 0.3) is 0 Å². The number of anilines is 1. The molecule has 188 valence electrons. The lowest BCUT2D eigenvalue weighted by Gasteiger charge is -2.17. The first-order chi connectivity index (χ1) is 17.2. The predicted octanol–water partition coefficient (Wildman–Crippen LogP) is 5.53. The maximum atomic E-state index is 14.4. The van der Waals surface area contributed by atoms with Gasteiger partial charge in [-0.3, -0.25) is 4.79 Å². The number of ether oxygens (including phenoxy) is 3. The molecule has 0 saturated carbocycles. The smallest absolute Gasteiger partial charge is 0.416 e. The lowest BCUT2D eigenvalue weighted by molar-refractivity contribution is -0.145. The van der Waals surface area contributed by atoms with Gasteiger partial charge in [0.15, 0.2) is 18.2 Å². The number of hydrogen-bond acceptors (Lipinski definition) is 5. The summed E-state index contributed by atoms with van der Waals surface area (Å²) in [6.07, 6.45) is -4.47. The van der Waals surface area contributed by atoms with Crippen molar-refractivity contribution < 1.29 is 41.4 Å². The van der Waals surface area contributed by atoms with Gasteiger partial charge in [-0.1, -0.05) is 12.1 Å². The number of amides is 1. The van der Waals surface area contributed by atoms with Gasteiger partial charge in [0.2, 0.25) is 0 Å². The Morgan fingerprint density at radius 3 is 2.42 bits per heavy atom. The molecule has 1 amide bonds. The van der Waals surface area contributed by atoms with Crippen LogP contribution in [0.5, 0.6) is 11.5 Å². The third-order valence-corrected chi connectivity index (χ3v) is 5.47. The fourth-order valence-electron chi connectivity index (χ4n) is 3.73. The molecule has 0 bridgehead atoms. The van der Waals surface area contributed by atoms with Crippen LogP contribution in [0.3, 0.4) is 0 Å². The number of carbonyl (C=O) groups excluding carboxylic acids is 2. The molecule has 0 unspecified atom stereocenters. The molecule has 0 aliphatic carbocycles. The zero-order chi connectivity index (χ0) is 25.9. The third kappa shape index (κ3) is 5.42. The topological polar surface area (TPSA) is 65.1 Å². The molecular weight excluding hydrogens is 482 g/mol. The monoisotopic (exact) mass is 503 g/mol. The molecule has 0 spiro atoms. The van der Waals surface area contributed by atoms with Crippen molar-refractivity contribution in [2.45, 2.75) is 26.3 Å². The van der Waals surface area contributed by atoms with E-state index in [0.717, 1.165) is 12.1 Å². The summed E-state index contributed by atoms with van der Waals surface area (Å²) >= 11 is 0. The Balaban J connectivity index is 1.44. The zero-order valence-electron chi connectivity index (χ0n) is 19.1. The van der Waals surface area contributed by atoms with Crippen molar-refractivity contribution in [3.63, 3.8) is 0 Å². The number of halogens is 4. The fourth-order valence-corrected chi connectivity index (χ4v) is 3.73. The molecule has 1 aliphatic rings. The largest absolute Gasteiger partial charge is 0.489 e. The lowest BCUT2D eigenvalue weighted by atomic mass is 10.1. The second-order valence-electron chi connectivity index (χ2n) is 7.87. The van der Waals surface area contributed by atoms with E-state index in [-0.39, 0.29) is 31.4 Å². The van der Waals surface area contributed by atoms with Gasteiger partial charge in [0.1, 0.15) is 12.4 Å². The minimum atomic E-state index is -4.47. The van der Waals surface area contributed by atoms with E-state index in [2.05, 4.69) is 0 Å². The van der Waals surface area contributed by atoms with Gasteiger partial charge in [-0.25, -0.2) is 9.18 Å². The Morgan fingerprint density at radius 2 is 1.75 bits per heavy atom. The van der Waals surface area contributed by atoms with E-state index in [4.69, 9.17) is 14.2 Å². The second kappa shape index (κ2) is 10.3. The number of carbonyl (C=O) groups is 2. The summed E-state index contributed by atoms with van der Waals surface area (Å²) in [5.74, 6) is -1.35. The summed E-state index contributed by atoms with van der Waals surface area (Å²) in [6, 6.07) is 13.4. The average Bonchev–Trinajstić information content (AvgIpc) is 3.19. The number of esters is 1. The highest BCUT2D eigenvalue weighted by atomic mass is 19.4. The summed E-state index contributed by atoms with van der Waals surface area (Å²) in [6.45, 7) is 1.53. The first-order valence-corrected chi connectivity index (χ1v) is 11.0. The number of nitrogens with zero attached hydrogens (tertiary/aromatic N) is 1. The SMILES string of the molecule is CCOC(=O)COc1ccc(COc2cccc3c2CN(c2ccc(C(F)(F)F)cc2)C3=O)cc1F. The van der Waals surface area contributed by atoms with Gasteiger partial charge >= 0.3 is 12.1 Å². The highest BCUT2D eigenvalue weighted by Gasteiger charge is 2.33. The summed E-state index contributed by atoms with van der Waals surface area (Å²) in [7, 11) is 0. The van der Waals surface area contributed by atoms with E-state index >= 15 is 0 Å². The molecule has 10 heteroatoms. The highest BCUT2D eigenvalue weighted by molar-refractivity contribution is 6.10. The molecule has 0 N–H and O–H groups in total. The Hall–Kier alpha value is -4.08. The molecule has 36 heavy (non-hydrogen) atoms. The van der Waals surface area contributed by atoms with Crippen LogP contribution in [0.1, 0.15) is 34.0 Å². The maximum absolute atomic E-state index is 14.4. The van der Waals surface area contributed by atoms with Gasteiger partial charge in [0.25, 0.3) is 5.91 Å². The minimum absolute atomic E-state index is 0.0139. The average molecular weight is 503 g/mol. The fraction of sp³-hybridized carbons (Fsp3) is 0.231. The van der Waals surface area contributed by atoms with Gasteiger partial charge in [-0.15, -0.1) is 0 Å². The Morgan fingerprint density at radius 1 is 1.00 bits per heavy atom. The Bertz CT molecular complexity index is 1270. The summed E-state index contributed by atoms with van der Waals surface area (Å²) in [5.41, 5.74) is 0.968. The van der Waals surface area contributed by atoms with E-state index in [9.17, 15) is 27.2 Å². The minimum Gasteiger partial charge on any atom is -0.489 e. The molecule has 0 atom stereocenters. The van der Waals surface area contributed by atoms with Crippen LogP contribution in [0.15, 0.2) is 60.7 Å². The van der Waals surface area contributed by atoms with E-state index in [1.807, 2.05) is 0 Å². The van der Waals surface area contributed by atoms with Crippen molar-refractivity contribution in [3.05, 3.63) is 88.7 Å². The summed E-state index contributed by atoms with van der Waals surface area (Å²) < 4.78 is 68.7. The Labute approximate surface area is 204 Å². The molecule has 0 fully saturated rings. The van der Waals surface area contributed by atoms with Gasteiger partial charge in [0, 0.05) is 16.8 Å². The van der Waals surface area contributed by atoms with Crippen LogP contribution in [-0.2, 0) is 28.9 Å². The summed E-state index contributed by atoms with van der Waals surface area (Å²) in [4.78, 5) is 25.6. The number of alkyl halides is 3. The van der Waals surface area contributed by atoms with Crippen molar-refractivity contribution in [1.29, 1.82) is 0 Å². The van der Waals surface area contributed by atoms with E-state index in [1.165, 1.54) is 29.2 Å². The predicted molar refractivity (Wildman–Crippen MR) is 121 cm³/mol. The molecule has 1 heterocycles. The van der Waals surface area contributed by atoms with Crippen molar-refractivity contribution in [3.8, 4) is 11.5 Å². The van der Waals surface area contributed by atoms with Gasteiger partial charge in [-0.05, 0) is 61.0 Å². The number of fused-ring (bicyclic) bond motifs is 1. The molecular formula is C26H21F4NO5. The molecule has 1 aliphatic heterocycles. The standard InChI is InChI=1S/C26H21F4NO5/c1-2-34-24(32)15-36-23-11-6-16(12-21(23)27)14-35-22-5-3-4-19-20(22)13-31(25(19)33)18-9-7-17(8-10-18)26(28,29)30/h3-12H,2,13-15H2,1H3. The van der Waals surface area contributed by atoms with Gasteiger partial charge < -0.3 is 19.1 Å². The molecule has 0 saturated heterocycles.